The van der Waals surface area contributed by atoms with Crippen molar-refractivity contribution < 1.29 is 27.2 Å². The first kappa shape index (κ1) is 27.1. The van der Waals surface area contributed by atoms with Crippen LogP contribution in [0.1, 0.15) is 71.9 Å². The molecule has 0 aliphatic carbocycles. The smallest absolute Gasteiger partial charge is 0.501 e. The average molecular weight is 462 g/mol. The molecule has 0 aliphatic heterocycles. The van der Waals surface area contributed by atoms with Gasteiger partial charge in [0.15, 0.2) is 0 Å². The second-order valence-corrected chi connectivity index (χ2v) is 8.44. The van der Waals surface area contributed by atoms with Gasteiger partial charge < -0.3 is 18.4 Å². The lowest BCUT2D eigenvalue weighted by Crippen LogP contribution is -2.49. The van der Waals surface area contributed by atoms with Crippen molar-refractivity contribution in [3.05, 3.63) is 59.7 Å². The monoisotopic (exact) mass is 462 g/mol. The van der Waals surface area contributed by atoms with Crippen LogP contribution in [0.5, 0.6) is 11.5 Å². The zero-order chi connectivity index (χ0) is 24.3. The van der Waals surface area contributed by atoms with Gasteiger partial charge in [-0.3, -0.25) is 0 Å². The third kappa shape index (κ3) is 7.71. The van der Waals surface area contributed by atoms with E-state index in [2.05, 4.69) is 34.6 Å². The molecule has 0 aromatic heterocycles. The first-order valence-corrected chi connectivity index (χ1v) is 12.2. The van der Waals surface area contributed by atoms with Crippen molar-refractivity contribution in [3.8, 4) is 11.5 Å². The minimum absolute atomic E-state index is 0.0201. The van der Waals surface area contributed by atoms with Gasteiger partial charge in [0, 0.05) is 6.61 Å². The summed E-state index contributed by atoms with van der Waals surface area (Å²) >= 11 is 0. The Morgan fingerprint density at radius 3 is 2.06 bits per heavy atom. The largest absolute Gasteiger partial charge is 0.788 e. The van der Waals surface area contributed by atoms with Crippen molar-refractivity contribution in [3.63, 3.8) is 0 Å². The Labute approximate surface area is 198 Å². The maximum atomic E-state index is 14.3. The van der Waals surface area contributed by atoms with Gasteiger partial charge in [0.05, 0.1) is 25.2 Å². The van der Waals surface area contributed by atoms with Crippen LogP contribution in [0, 0.1) is 11.6 Å². The molecule has 0 spiro atoms. The van der Waals surface area contributed by atoms with E-state index in [0.29, 0.717) is 18.1 Å². The van der Waals surface area contributed by atoms with Gasteiger partial charge in [-0.1, -0.05) is 26.2 Å². The lowest BCUT2D eigenvalue weighted by Gasteiger charge is -2.42. The predicted octanol–water partition coefficient (Wildman–Crippen LogP) is 6.94. The van der Waals surface area contributed by atoms with E-state index in [-0.39, 0.29) is 17.7 Å². The molecule has 0 heterocycles. The Hall–Kier alpha value is -2.12. The Bertz CT molecular complexity index is 823. The molecule has 0 fully saturated rings. The minimum Gasteiger partial charge on any atom is -0.501 e. The summed E-state index contributed by atoms with van der Waals surface area (Å²) in [6.07, 6.45) is 4.21. The first-order valence-electron chi connectivity index (χ1n) is 12.2. The molecular formula is C26H39BF2NO3+. The molecule has 1 unspecified atom stereocenters. The quantitative estimate of drug-likeness (QED) is 0.163. The van der Waals surface area contributed by atoms with E-state index in [9.17, 15) is 8.78 Å². The fourth-order valence-corrected chi connectivity index (χ4v) is 4.27. The van der Waals surface area contributed by atoms with Crippen LogP contribution in [0.2, 0.25) is 0 Å². The summed E-state index contributed by atoms with van der Waals surface area (Å²) in [6, 6.07) is 10.3. The van der Waals surface area contributed by atoms with Crippen molar-refractivity contribution in [1.29, 1.82) is 0 Å². The minimum atomic E-state index is -1.03. The number of nitrogens with zero attached hydrogens (tertiary/aromatic N) is 1. The van der Waals surface area contributed by atoms with E-state index in [1.54, 1.807) is 12.1 Å². The predicted molar refractivity (Wildman–Crippen MR) is 130 cm³/mol. The second kappa shape index (κ2) is 13.6. The topological polar surface area (TPSA) is 27.7 Å². The molecule has 7 heteroatoms. The summed E-state index contributed by atoms with van der Waals surface area (Å²) < 4.78 is 46.4. The third-order valence-electron chi connectivity index (χ3n) is 6.65. The van der Waals surface area contributed by atoms with Crippen molar-refractivity contribution in [1.82, 2.24) is 0 Å². The zero-order valence-corrected chi connectivity index (χ0v) is 20.8. The van der Waals surface area contributed by atoms with Gasteiger partial charge in [0.1, 0.15) is 29.2 Å². The van der Waals surface area contributed by atoms with Crippen molar-refractivity contribution in [2.75, 3.05) is 26.2 Å². The molecule has 2 rings (SSSR count). The Balaban J connectivity index is 2.28. The number of quaternary nitrogens is 1. The summed E-state index contributed by atoms with van der Waals surface area (Å²) in [4.78, 5) is 0. The molecule has 0 amide bonds. The van der Waals surface area contributed by atoms with Gasteiger partial charge >= 0.3 is 7.32 Å². The number of hydrogen-bond acceptors (Lipinski definition) is 3. The van der Waals surface area contributed by atoms with Crippen LogP contribution in [0.15, 0.2) is 42.5 Å². The molecule has 0 saturated heterocycles. The number of unbranched alkanes of at least 4 members (excludes halogenated alkanes) is 3. The highest BCUT2D eigenvalue weighted by molar-refractivity contribution is 6.38. The second-order valence-electron chi connectivity index (χ2n) is 8.44. The van der Waals surface area contributed by atoms with Gasteiger partial charge in [-0.15, -0.1) is 0 Å². The van der Waals surface area contributed by atoms with Crippen LogP contribution >= 0.6 is 0 Å². The van der Waals surface area contributed by atoms with Gasteiger partial charge in [0.2, 0.25) is 0 Å². The van der Waals surface area contributed by atoms with Crippen molar-refractivity contribution in [2.24, 2.45) is 0 Å². The van der Waals surface area contributed by atoms with E-state index < -0.39 is 7.32 Å². The number of halogens is 2. The van der Waals surface area contributed by atoms with E-state index in [1.807, 2.05) is 0 Å². The van der Waals surface area contributed by atoms with Gasteiger partial charge in [-0.25, -0.2) is 8.78 Å². The van der Waals surface area contributed by atoms with Gasteiger partial charge in [-0.2, -0.15) is 0 Å². The van der Waals surface area contributed by atoms with Crippen LogP contribution in [-0.2, 0) is 4.65 Å². The highest BCUT2D eigenvalue weighted by Gasteiger charge is 2.35. The van der Waals surface area contributed by atoms with Gasteiger partial charge in [-0.05, 0) is 76.6 Å². The maximum absolute atomic E-state index is 14.3. The summed E-state index contributed by atoms with van der Waals surface area (Å²) in [6.45, 7) is 14.0. The lowest BCUT2D eigenvalue weighted by molar-refractivity contribution is -0.950. The zero-order valence-electron chi connectivity index (χ0n) is 20.8. The van der Waals surface area contributed by atoms with Crippen LogP contribution < -0.4 is 9.31 Å². The summed E-state index contributed by atoms with van der Waals surface area (Å²) in [5.41, 5.74) is 0.780. The Kier molecular flexibility index (Phi) is 11.1. The molecule has 0 aliphatic rings. The standard InChI is InChI=1S/C26H39BF2NO3/c1-6-10-11-12-19-31-27(32-24-16-13-22(28)14-17-24)33-26-18-15-23(29)20-25(26)21(5)30(7-2,8-3)9-4/h13-18,20-21H,6-12,19H2,1-5H3/q+1. The summed E-state index contributed by atoms with van der Waals surface area (Å²) in [5.74, 6) is 0.319. The summed E-state index contributed by atoms with van der Waals surface area (Å²) in [7, 11) is -1.03. The molecule has 1 atom stereocenters. The molecule has 33 heavy (non-hydrogen) atoms. The van der Waals surface area contributed by atoms with E-state index >= 15 is 0 Å². The summed E-state index contributed by atoms with van der Waals surface area (Å²) in [5, 5.41) is 0. The molecule has 0 bridgehead atoms. The molecule has 182 valence electrons. The third-order valence-corrected chi connectivity index (χ3v) is 6.65. The number of hydrogen-bond donors (Lipinski definition) is 0. The van der Waals surface area contributed by atoms with Gasteiger partial charge in [0.25, 0.3) is 0 Å². The molecule has 2 aromatic carbocycles. The van der Waals surface area contributed by atoms with Crippen molar-refractivity contribution in [2.45, 2.75) is 66.3 Å². The van der Waals surface area contributed by atoms with Crippen LogP contribution in [0.4, 0.5) is 8.78 Å². The fraction of sp³-hybridized carbons (Fsp3) is 0.538. The molecule has 0 N–H and O–H groups in total. The molecule has 0 radical (unpaired) electrons. The van der Waals surface area contributed by atoms with Crippen LogP contribution in [-0.4, -0.2) is 38.0 Å². The van der Waals surface area contributed by atoms with Crippen LogP contribution in [0.3, 0.4) is 0 Å². The highest BCUT2D eigenvalue weighted by Crippen LogP contribution is 2.35. The molecule has 4 nitrogen and oxygen atoms in total. The van der Waals surface area contributed by atoms with E-state index in [4.69, 9.17) is 14.0 Å². The van der Waals surface area contributed by atoms with Crippen LogP contribution in [0.25, 0.3) is 0 Å². The number of rotatable bonds is 15. The Morgan fingerprint density at radius 1 is 0.818 bits per heavy atom. The Morgan fingerprint density at radius 2 is 1.45 bits per heavy atom. The molecule has 0 saturated carbocycles. The molecular weight excluding hydrogens is 423 g/mol. The highest BCUT2D eigenvalue weighted by atomic mass is 19.1. The number of benzene rings is 2. The maximum Gasteiger partial charge on any atom is 0.788 e. The first-order chi connectivity index (χ1) is 15.9. The average Bonchev–Trinajstić information content (AvgIpc) is 2.82. The molecule has 2 aromatic rings. The normalized spacial score (nSPS) is 12.5. The fourth-order valence-electron chi connectivity index (χ4n) is 4.27. The van der Waals surface area contributed by atoms with E-state index in [1.165, 1.54) is 30.3 Å². The van der Waals surface area contributed by atoms with Crippen molar-refractivity contribution >= 4 is 7.32 Å². The lowest BCUT2D eigenvalue weighted by atomic mass is 10.0. The van der Waals surface area contributed by atoms with E-state index in [0.717, 1.165) is 55.4 Å². The SMILES string of the molecule is CCCCCCOB(Oc1ccc(F)cc1)Oc1ccc(F)cc1C(C)[N+](CC)(CC)CC.